The van der Waals surface area contributed by atoms with Crippen molar-refractivity contribution < 1.29 is 5.21 Å². The molecule has 0 saturated heterocycles. The number of hydrogen-bond acceptors (Lipinski definition) is 2. The first kappa shape index (κ1) is 5.88. The minimum absolute atomic E-state index is 0.954. The summed E-state index contributed by atoms with van der Waals surface area (Å²) in [4.78, 5) is 1.67. The summed E-state index contributed by atoms with van der Waals surface area (Å²) in [5.41, 5.74) is 0. The van der Waals surface area contributed by atoms with E-state index in [2.05, 4.69) is 5.16 Å². The van der Waals surface area contributed by atoms with Crippen molar-refractivity contribution >= 4 is 6.34 Å². The molecule has 1 N–H and O–H groups in total. The maximum Gasteiger partial charge on any atom is 0.138 e. The summed E-state index contributed by atoms with van der Waals surface area (Å²) in [7, 11) is 0. The molecule has 1 aliphatic rings. The number of hydrogen-bond donors (Lipinski definition) is 1. The highest BCUT2D eigenvalue weighted by molar-refractivity contribution is 5.57. The van der Waals surface area contributed by atoms with Gasteiger partial charge in [0.25, 0.3) is 0 Å². The van der Waals surface area contributed by atoms with E-state index in [0.29, 0.717) is 0 Å². The molecule has 0 aromatic rings. The summed E-state index contributed by atoms with van der Waals surface area (Å²) in [5, 5.41) is 10.9. The van der Waals surface area contributed by atoms with E-state index in [9.17, 15) is 0 Å². The van der Waals surface area contributed by atoms with Gasteiger partial charge in [-0.25, -0.2) is 0 Å². The molecule has 0 unspecified atom stereocenters. The highest BCUT2D eigenvalue weighted by Gasteiger charge is 1.90. The zero-order valence-corrected chi connectivity index (χ0v) is 4.94. The first-order valence-corrected chi connectivity index (χ1v) is 2.72. The smallest absolute Gasteiger partial charge is 0.138 e. The Morgan fingerprint density at radius 1 is 1.44 bits per heavy atom. The lowest BCUT2D eigenvalue weighted by atomic mass is 10.3. The molecular weight excluding hydrogens is 116 g/mol. The van der Waals surface area contributed by atoms with Crippen molar-refractivity contribution in [3.8, 4) is 0 Å². The molecule has 9 heavy (non-hydrogen) atoms. The number of nitrogens with zero attached hydrogens (tertiary/aromatic N) is 2. The van der Waals surface area contributed by atoms with Crippen molar-refractivity contribution in [2.24, 2.45) is 5.16 Å². The van der Waals surface area contributed by atoms with Gasteiger partial charge >= 0.3 is 0 Å². The standard InChI is InChI=1S/C6H8N2O/c9-7-6-8-4-2-1-3-5-8/h2-6,9H,1H2. The van der Waals surface area contributed by atoms with Gasteiger partial charge in [0.05, 0.1) is 0 Å². The molecule has 1 heterocycles. The van der Waals surface area contributed by atoms with Crippen molar-refractivity contribution in [2.45, 2.75) is 6.42 Å². The zero-order valence-electron chi connectivity index (χ0n) is 4.94. The third-order valence-corrected chi connectivity index (χ3v) is 1.01. The van der Waals surface area contributed by atoms with Gasteiger partial charge in [-0.2, -0.15) is 0 Å². The number of rotatable bonds is 1. The SMILES string of the molecule is ON=CN1C=CCC=C1. The van der Waals surface area contributed by atoms with Crippen LogP contribution >= 0.6 is 0 Å². The summed E-state index contributed by atoms with van der Waals surface area (Å²) in [6.07, 6.45) is 9.89. The molecule has 0 bridgehead atoms. The van der Waals surface area contributed by atoms with E-state index in [1.165, 1.54) is 6.34 Å². The van der Waals surface area contributed by atoms with Crippen LogP contribution < -0.4 is 0 Å². The molecule has 0 aliphatic carbocycles. The molecule has 0 radical (unpaired) electrons. The van der Waals surface area contributed by atoms with Crippen molar-refractivity contribution in [3.05, 3.63) is 24.6 Å². The van der Waals surface area contributed by atoms with Crippen molar-refractivity contribution in [2.75, 3.05) is 0 Å². The van der Waals surface area contributed by atoms with Crippen LogP contribution in [0, 0.1) is 0 Å². The van der Waals surface area contributed by atoms with Gasteiger partial charge in [0.2, 0.25) is 0 Å². The van der Waals surface area contributed by atoms with Crippen LogP contribution in [0.25, 0.3) is 0 Å². The normalized spacial score (nSPS) is 17.6. The van der Waals surface area contributed by atoms with E-state index in [0.717, 1.165) is 6.42 Å². The molecule has 0 atom stereocenters. The summed E-state index contributed by atoms with van der Waals surface area (Å²) >= 11 is 0. The fourth-order valence-corrected chi connectivity index (χ4v) is 0.630. The first-order chi connectivity index (χ1) is 4.43. The Labute approximate surface area is 53.6 Å². The third kappa shape index (κ3) is 1.60. The molecule has 1 aliphatic heterocycles. The molecule has 48 valence electrons. The van der Waals surface area contributed by atoms with E-state index >= 15 is 0 Å². The Morgan fingerprint density at radius 3 is 2.67 bits per heavy atom. The number of allylic oxidation sites excluding steroid dienone is 2. The lowest BCUT2D eigenvalue weighted by molar-refractivity contribution is 0.316. The van der Waals surface area contributed by atoms with Crippen LogP contribution in [0.2, 0.25) is 0 Å². The molecule has 3 heteroatoms. The molecule has 0 aromatic carbocycles. The predicted molar refractivity (Wildman–Crippen MR) is 35.0 cm³/mol. The lowest BCUT2D eigenvalue weighted by Gasteiger charge is -2.08. The molecule has 0 saturated carbocycles. The Bertz CT molecular complexity index is 146. The van der Waals surface area contributed by atoms with Gasteiger partial charge < -0.3 is 10.1 Å². The molecule has 0 fully saturated rings. The summed E-state index contributed by atoms with van der Waals surface area (Å²) in [6.45, 7) is 0. The van der Waals surface area contributed by atoms with Crippen molar-refractivity contribution in [3.63, 3.8) is 0 Å². The largest absolute Gasteiger partial charge is 0.410 e. The van der Waals surface area contributed by atoms with Crippen LogP contribution in [-0.4, -0.2) is 16.4 Å². The summed E-state index contributed by atoms with van der Waals surface area (Å²) in [6, 6.07) is 0. The maximum absolute atomic E-state index is 8.08. The maximum atomic E-state index is 8.08. The second-order valence-corrected chi connectivity index (χ2v) is 1.68. The summed E-state index contributed by atoms with van der Waals surface area (Å²) < 4.78 is 0. The van der Waals surface area contributed by atoms with Crippen molar-refractivity contribution in [1.29, 1.82) is 0 Å². The van der Waals surface area contributed by atoms with Gasteiger partial charge in [-0.3, -0.25) is 0 Å². The Balaban J connectivity index is 2.49. The van der Waals surface area contributed by atoms with Crippen LogP contribution in [0.15, 0.2) is 29.7 Å². The van der Waals surface area contributed by atoms with E-state index in [1.54, 1.807) is 4.90 Å². The predicted octanol–water partition coefficient (Wildman–Crippen LogP) is 1.14. The highest BCUT2D eigenvalue weighted by Crippen LogP contribution is 1.98. The summed E-state index contributed by atoms with van der Waals surface area (Å²) in [5.74, 6) is 0. The second-order valence-electron chi connectivity index (χ2n) is 1.68. The van der Waals surface area contributed by atoms with Gasteiger partial charge in [-0.1, -0.05) is 17.3 Å². The quantitative estimate of drug-likeness (QED) is 0.246. The van der Waals surface area contributed by atoms with Crippen LogP contribution in [0.4, 0.5) is 0 Å². The van der Waals surface area contributed by atoms with E-state index in [4.69, 9.17) is 5.21 Å². The Hall–Kier alpha value is -1.25. The molecule has 1 rings (SSSR count). The Kier molecular flexibility index (Phi) is 1.90. The van der Waals surface area contributed by atoms with Crippen LogP contribution in [0.3, 0.4) is 0 Å². The zero-order chi connectivity index (χ0) is 6.53. The lowest BCUT2D eigenvalue weighted by Crippen LogP contribution is -2.07. The Morgan fingerprint density at radius 2 is 2.11 bits per heavy atom. The molecular formula is C6H8N2O. The third-order valence-electron chi connectivity index (χ3n) is 1.01. The van der Waals surface area contributed by atoms with Gasteiger partial charge in [-0.05, 0) is 6.42 Å². The minimum Gasteiger partial charge on any atom is -0.410 e. The van der Waals surface area contributed by atoms with Gasteiger partial charge in [0, 0.05) is 12.4 Å². The molecule has 0 aromatic heterocycles. The average Bonchev–Trinajstić information content (AvgIpc) is 1.91. The highest BCUT2D eigenvalue weighted by atomic mass is 16.4. The fraction of sp³-hybridized carbons (Fsp3) is 0.167. The van der Waals surface area contributed by atoms with Gasteiger partial charge in [0.1, 0.15) is 6.34 Å². The minimum atomic E-state index is 0.954. The van der Waals surface area contributed by atoms with E-state index in [1.807, 2.05) is 24.6 Å². The molecule has 0 amide bonds. The number of oxime groups is 1. The first-order valence-electron chi connectivity index (χ1n) is 2.72. The second kappa shape index (κ2) is 2.91. The molecule has 0 spiro atoms. The van der Waals surface area contributed by atoms with E-state index in [-0.39, 0.29) is 0 Å². The monoisotopic (exact) mass is 124 g/mol. The van der Waals surface area contributed by atoms with E-state index < -0.39 is 0 Å². The van der Waals surface area contributed by atoms with Crippen LogP contribution in [-0.2, 0) is 0 Å². The van der Waals surface area contributed by atoms with Crippen molar-refractivity contribution in [1.82, 2.24) is 4.90 Å². The average molecular weight is 124 g/mol. The molecule has 3 nitrogen and oxygen atoms in total. The van der Waals surface area contributed by atoms with Crippen LogP contribution in [0.5, 0.6) is 0 Å². The fourth-order valence-electron chi connectivity index (χ4n) is 0.630. The topological polar surface area (TPSA) is 35.8 Å². The van der Waals surface area contributed by atoms with Gasteiger partial charge in [0.15, 0.2) is 0 Å². The van der Waals surface area contributed by atoms with Crippen LogP contribution in [0.1, 0.15) is 6.42 Å². The van der Waals surface area contributed by atoms with Gasteiger partial charge in [-0.15, -0.1) is 0 Å².